The van der Waals surface area contributed by atoms with E-state index in [1.54, 1.807) is 0 Å². The van der Waals surface area contributed by atoms with Crippen molar-refractivity contribution in [3.63, 3.8) is 0 Å². The molecule has 0 radical (unpaired) electrons. The molecule has 4 heteroatoms. The van der Waals surface area contributed by atoms with E-state index < -0.39 is 0 Å². The first-order chi connectivity index (χ1) is 8.19. The lowest BCUT2D eigenvalue weighted by atomic mass is 10.2. The molecule has 1 aromatic carbocycles. The molecule has 0 bridgehead atoms. The Balaban J connectivity index is 2.60. The van der Waals surface area contributed by atoms with Gasteiger partial charge in [0.15, 0.2) is 0 Å². The normalized spacial score (nSPS) is 12.6. The van der Waals surface area contributed by atoms with Crippen molar-refractivity contribution in [2.45, 2.75) is 26.3 Å². The molecule has 2 rings (SSSR count). The van der Waals surface area contributed by atoms with Gasteiger partial charge in [-0.1, -0.05) is 19.1 Å². The van der Waals surface area contributed by atoms with Crippen LogP contribution in [0.25, 0.3) is 11.0 Å². The van der Waals surface area contributed by atoms with E-state index in [1.807, 2.05) is 42.7 Å². The monoisotopic (exact) mass is 232 g/mol. The van der Waals surface area contributed by atoms with Gasteiger partial charge in [-0.3, -0.25) is 0 Å². The smallest absolute Gasteiger partial charge is 0.328 e. The highest BCUT2D eigenvalue weighted by molar-refractivity contribution is 5.81. The van der Waals surface area contributed by atoms with E-state index in [9.17, 15) is 4.79 Å². The van der Waals surface area contributed by atoms with E-state index in [1.165, 1.54) is 7.11 Å². The van der Waals surface area contributed by atoms with Gasteiger partial charge in [0.25, 0.3) is 0 Å². The van der Waals surface area contributed by atoms with Crippen molar-refractivity contribution >= 4 is 17.0 Å². The molecule has 0 fully saturated rings. The number of fused-ring (bicyclic) bond motifs is 1. The van der Waals surface area contributed by atoms with Crippen LogP contribution in [0.3, 0.4) is 0 Å². The lowest BCUT2D eigenvalue weighted by Crippen LogP contribution is -2.21. The molecule has 1 unspecified atom stereocenters. The van der Waals surface area contributed by atoms with Crippen LogP contribution in [-0.2, 0) is 9.53 Å². The standard InChI is InChI=1S/C13H16N2O2/c1-4-11(13(16)17-3)15-9(2)14-10-7-5-6-8-12(10)15/h5-8,11H,4H2,1-3H3. The summed E-state index contributed by atoms with van der Waals surface area (Å²) in [5.41, 5.74) is 1.88. The quantitative estimate of drug-likeness (QED) is 0.763. The highest BCUT2D eigenvalue weighted by atomic mass is 16.5. The Labute approximate surface area is 100 Å². The fraction of sp³-hybridized carbons (Fsp3) is 0.385. The maximum atomic E-state index is 11.8. The molecule has 1 aromatic heterocycles. The number of hydrogen-bond acceptors (Lipinski definition) is 3. The second kappa shape index (κ2) is 4.57. The summed E-state index contributed by atoms with van der Waals surface area (Å²) in [6.45, 7) is 3.88. The molecule has 0 N–H and O–H groups in total. The summed E-state index contributed by atoms with van der Waals surface area (Å²) in [5, 5.41) is 0. The molecule has 0 amide bonds. The van der Waals surface area contributed by atoms with Crippen molar-refractivity contribution < 1.29 is 9.53 Å². The number of hydrogen-bond donors (Lipinski definition) is 0. The number of benzene rings is 1. The van der Waals surface area contributed by atoms with Crippen LogP contribution < -0.4 is 0 Å². The van der Waals surface area contributed by atoms with Gasteiger partial charge in [0, 0.05) is 0 Å². The Hall–Kier alpha value is -1.84. The van der Waals surface area contributed by atoms with Crippen molar-refractivity contribution in [3.8, 4) is 0 Å². The summed E-state index contributed by atoms with van der Waals surface area (Å²) in [7, 11) is 1.42. The van der Waals surface area contributed by atoms with Crippen molar-refractivity contribution in [3.05, 3.63) is 30.1 Å². The second-order valence-electron chi connectivity index (χ2n) is 3.96. The largest absolute Gasteiger partial charge is 0.467 e. The fourth-order valence-electron chi connectivity index (χ4n) is 2.15. The number of carbonyl (C=O) groups excluding carboxylic acids is 1. The van der Waals surface area contributed by atoms with Gasteiger partial charge in [0.1, 0.15) is 11.9 Å². The first-order valence-electron chi connectivity index (χ1n) is 5.70. The van der Waals surface area contributed by atoms with E-state index in [-0.39, 0.29) is 12.0 Å². The van der Waals surface area contributed by atoms with Crippen LogP contribution in [0.4, 0.5) is 0 Å². The summed E-state index contributed by atoms with van der Waals surface area (Å²) in [6, 6.07) is 7.51. The number of ether oxygens (including phenoxy) is 1. The average molecular weight is 232 g/mol. The minimum Gasteiger partial charge on any atom is -0.467 e. The Morgan fingerprint density at radius 1 is 1.47 bits per heavy atom. The zero-order chi connectivity index (χ0) is 12.4. The van der Waals surface area contributed by atoms with Crippen LogP contribution in [0.15, 0.2) is 24.3 Å². The summed E-state index contributed by atoms with van der Waals surface area (Å²) in [4.78, 5) is 16.2. The average Bonchev–Trinajstić information content (AvgIpc) is 2.67. The van der Waals surface area contributed by atoms with E-state index in [0.29, 0.717) is 6.42 Å². The van der Waals surface area contributed by atoms with Gasteiger partial charge < -0.3 is 9.30 Å². The van der Waals surface area contributed by atoms with Crippen molar-refractivity contribution in [1.29, 1.82) is 0 Å². The molecule has 1 heterocycles. The number of rotatable bonds is 3. The molecule has 2 aromatic rings. The number of carbonyl (C=O) groups is 1. The predicted octanol–water partition coefficient (Wildman–Crippen LogP) is 2.47. The number of esters is 1. The van der Waals surface area contributed by atoms with Gasteiger partial charge in [-0.2, -0.15) is 0 Å². The molecular weight excluding hydrogens is 216 g/mol. The first kappa shape index (κ1) is 11.6. The molecule has 0 aliphatic carbocycles. The van der Waals surface area contributed by atoms with Gasteiger partial charge in [-0.05, 0) is 25.5 Å². The van der Waals surface area contributed by atoms with Gasteiger partial charge in [-0.15, -0.1) is 0 Å². The van der Waals surface area contributed by atoms with Crippen LogP contribution in [0.2, 0.25) is 0 Å². The fourth-order valence-corrected chi connectivity index (χ4v) is 2.15. The van der Waals surface area contributed by atoms with Gasteiger partial charge in [0.05, 0.1) is 18.1 Å². The van der Waals surface area contributed by atoms with Gasteiger partial charge in [-0.25, -0.2) is 9.78 Å². The number of nitrogens with zero attached hydrogens (tertiary/aromatic N) is 2. The summed E-state index contributed by atoms with van der Waals surface area (Å²) < 4.78 is 6.79. The molecular formula is C13H16N2O2. The number of methoxy groups -OCH3 is 1. The van der Waals surface area contributed by atoms with Crippen LogP contribution in [0.5, 0.6) is 0 Å². The maximum absolute atomic E-state index is 11.8. The SMILES string of the molecule is CCC(C(=O)OC)n1c(C)nc2ccccc21. The van der Waals surface area contributed by atoms with E-state index in [0.717, 1.165) is 16.9 Å². The molecule has 17 heavy (non-hydrogen) atoms. The zero-order valence-electron chi connectivity index (χ0n) is 10.3. The molecule has 0 aliphatic heterocycles. The van der Waals surface area contributed by atoms with Crippen LogP contribution >= 0.6 is 0 Å². The molecule has 0 saturated carbocycles. The van der Waals surface area contributed by atoms with E-state index in [4.69, 9.17) is 4.74 Å². The van der Waals surface area contributed by atoms with E-state index >= 15 is 0 Å². The minimum atomic E-state index is -0.299. The number of para-hydroxylation sites is 2. The lowest BCUT2D eigenvalue weighted by Gasteiger charge is -2.16. The van der Waals surface area contributed by atoms with Gasteiger partial charge >= 0.3 is 5.97 Å². The Bertz CT molecular complexity index is 545. The molecule has 0 aliphatic rings. The van der Waals surface area contributed by atoms with Crippen molar-refractivity contribution in [2.75, 3.05) is 7.11 Å². The number of aromatic nitrogens is 2. The molecule has 90 valence electrons. The second-order valence-corrected chi connectivity index (χ2v) is 3.96. The first-order valence-corrected chi connectivity index (χ1v) is 5.70. The Kier molecular flexibility index (Phi) is 3.13. The van der Waals surface area contributed by atoms with Gasteiger partial charge in [0.2, 0.25) is 0 Å². The van der Waals surface area contributed by atoms with Crippen LogP contribution in [0, 0.1) is 6.92 Å². The third-order valence-corrected chi connectivity index (χ3v) is 2.94. The summed E-state index contributed by atoms with van der Waals surface area (Å²) in [5.74, 6) is 0.613. The summed E-state index contributed by atoms with van der Waals surface area (Å²) >= 11 is 0. The molecule has 4 nitrogen and oxygen atoms in total. The maximum Gasteiger partial charge on any atom is 0.328 e. The van der Waals surface area contributed by atoms with E-state index in [2.05, 4.69) is 4.98 Å². The number of imidazole rings is 1. The third kappa shape index (κ3) is 1.90. The van der Waals surface area contributed by atoms with Crippen LogP contribution in [0.1, 0.15) is 25.2 Å². The Morgan fingerprint density at radius 2 is 2.18 bits per heavy atom. The number of aryl methyl sites for hydroxylation is 1. The minimum absolute atomic E-state index is 0.223. The molecule has 0 saturated heterocycles. The molecule has 0 spiro atoms. The molecule has 1 atom stereocenters. The topological polar surface area (TPSA) is 44.1 Å². The highest BCUT2D eigenvalue weighted by Gasteiger charge is 2.22. The lowest BCUT2D eigenvalue weighted by molar-refractivity contribution is -0.144. The van der Waals surface area contributed by atoms with Crippen molar-refractivity contribution in [1.82, 2.24) is 9.55 Å². The third-order valence-electron chi connectivity index (χ3n) is 2.94. The van der Waals surface area contributed by atoms with Crippen molar-refractivity contribution in [2.24, 2.45) is 0 Å². The highest BCUT2D eigenvalue weighted by Crippen LogP contribution is 2.23. The predicted molar refractivity (Wildman–Crippen MR) is 65.8 cm³/mol. The zero-order valence-corrected chi connectivity index (χ0v) is 10.3. The Morgan fingerprint density at radius 3 is 2.82 bits per heavy atom. The summed E-state index contributed by atoms with van der Waals surface area (Å²) in [6.07, 6.45) is 0.688. The van der Waals surface area contributed by atoms with Crippen LogP contribution in [-0.4, -0.2) is 22.6 Å².